The molecule has 2 unspecified atom stereocenters. The van der Waals surface area contributed by atoms with Crippen LogP contribution in [0.25, 0.3) is 0 Å². The first kappa shape index (κ1) is 16.9. The van der Waals surface area contributed by atoms with Crippen molar-refractivity contribution in [3.05, 3.63) is 0 Å². The summed E-state index contributed by atoms with van der Waals surface area (Å²) in [6.45, 7) is 13.4. The Hall–Kier alpha value is -0.0800. The van der Waals surface area contributed by atoms with E-state index in [4.69, 9.17) is 5.73 Å². The van der Waals surface area contributed by atoms with Crippen molar-refractivity contribution in [2.24, 2.45) is 17.6 Å². The van der Waals surface area contributed by atoms with Crippen LogP contribution in [0.2, 0.25) is 0 Å². The molecule has 0 radical (unpaired) electrons. The van der Waals surface area contributed by atoms with Gasteiger partial charge in [0.05, 0.1) is 0 Å². The lowest BCUT2D eigenvalue weighted by Crippen LogP contribution is -2.53. The molecule has 0 aromatic heterocycles. The zero-order chi connectivity index (χ0) is 13.5. The van der Waals surface area contributed by atoms with E-state index in [1.165, 1.54) is 25.8 Å². The third-order valence-corrected chi connectivity index (χ3v) is 4.32. The van der Waals surface area contributed by atoms with Gasteiger partial charge in [-0.2, -0.15) is 0 Å². The molecule has 2 heteroatoms. The Kier molecular flexibility index (Phi) is 8.06. The third-order valence-electron chi connectivity index (χ3n) is 4.32. The predicted octanol–water partition coefficient (Wildman–Crippen LogP) is 3.51. The first-order valence-electron chi connectivity index (χ1n) is 7.33. The first-order chi connectivity index (χ1) is 7.91. The molecule has 0 saturated heterocycles. The van der Waals surface area contributed by atoms with Crippen molar-refractivity contribution in [2.45, 2.75) is 65.8 Å². The van der Waals surface area contributed by atoms with Gasteiger partial charge >= 0.3 is 0 Å². The molecule has 0 aliphatic carbocycles. The average molecular weight is 242 g/mol. The zero-order valence-electron chi connectivity index (χ0n) is 12.9. The molecule has 0 aliphatic heterocycles. The molecule has 17 heavy (non-hydrogen) atoms. The smallest absolute Gasteiger partial charge is 0.0328 e. The first-order valence-corrected chi connectivity index (χ1v) is 7.33. The van der Waals surface area contributed by atoms with Crippen molar-refractivity contribution < 1.29 is 0 Å². The Bertz CT molecular complexity index is 185. The zero-order valence-corrected chi connectivity index (χ0v) is 12.9. The average Bonchev–Trinajstić information content (AvgIpc) is 2.32. The van der Waals surface area contributed by atoms with E-state index in [1.54, 1.807) is 0 Å². The minimum absolute atomic E-state index is 0.213. The van der Waals surface area contributed by atoms with Gasteiger partial charge in [-0.05, 0) is 44.7 Å². The van der Waals surface area contributed by atoms with E-state index < -0.39 is 0 Å². The maximum atomic E-state index is 6.09. The van der Waals surface area contributed by atoms with Crippen LogP contribution in [0.15, 0.2) is 0 Å². The van der Waals surface area contributed by atoms with Gasteiger partial charge < -0.3 is 5.73 Å². The molecule has 2 N–H and O–H groups in total. The molecule has 0 aromatic carbocycles. The maximum Gasteiger partial charge on any atom is 0.0328 e. The molecule has 0 aliphatic rings. The molecule has 0 spiro atoms. The Morgan fingerprint density at radius 2 is 1.76 bits per heavy atom. The predicted molar refractivity (Wildman–Crippen MR) is 78.2 cm³/mol. The van der Waals surface area contributed by atoms with E-state index in [0.717, 1.165) is 24.8 Å². The summed E-state index contributed by atoms with van der Waals surface area (Å²) in [5.41, 5.74) is 6.30. The van der Waals surface area contributed by atoms with Crippen LogP contribution in [-0.2, 0) is 0 Å². The SMILES string of the molecule is CCC(C)CC(CC)(CN)N(C)CCC(C)C. The molecule has 2 nitrogen and oxygen atoms in total. The molecule has 0 fully saturated rings. The van der Waals surface area contributed by atoms with Gasteiger partial charge in [0.15, 0.2) is 0 Å². The van der Waals surface area contributed by atoms with Crippen molar-refractivity contribution in [1.82, 2.24) is 4.90 Å². The summed E-state index contributed by atoms with van der Waals surface area (Å²) < 4.78 is 0. The standard InChI is InChI=1S/C15H34N2/c1-7-14(5)11-15(8-2,12-16)17(6)10-9-13(3)4/h13-14H,7-12,16H2,1-6H3. The van der Waals surface area contributed by atoms with E-state index in [1.807, 2.05) is 0 Å². The number of nitrogens with two attached hydrogens (primary N) is 1. The van der Waals surface area contributed by atoms with Crippen LogP contribution in [0, 0.1) is 11.8 Å². The van der Waals surface area contributed by atoms with Crippen molar-refractivity contribution >= 4 is 0 Å². The number of hydrogen-bond acceptors (Lipinski definition) is 2. The summed E-state index contributed by atoms with van der Waals surface area (Å²) in [6, 6.07) is 0. The van der Waals surface area contributed by atoms with Crippen LogP contribution >= 0.6 is 0 Å². The van der Waals surface area contributed by atoms with Gasteiger partial charge in [-0.15, -0.1) is 0 Å². The van der Waals surface area contributed by atoms with Crippen molar-refractivity contribution in [3.8, 4) is 0 Å². The Morgan fingerprint density at radius 1 is 1.18 bits per heavy atom. The highest BCUT2D eigenvalue weighted by molar-refractivity contribution is 4.90. The largest absolute Gasteiger partial charge is 0.329 e. The summed E-state index contributed by atoms with van der Waals surface area (Å²) in [7, 11) is 2.25. The normalized spacial score (nSPS) is 17.5. The molecule has 0 saturated carbocycles. The van der Waals surface area contributed by atoms with Crippen LogP contribution in [-0.4, -0.2) is 30.6 Å². The van der Waals surface area contributed by atoms with Crippen molar-refractivity contribution in [1.29, 1.82) is 0 Å². The molecule has 104 valence electrons. The molecule has 0 bridgehead atoms. The molecule has 0 amide bonds. The van der Waals surface area contributed by atoms with Crippen molar-refractivity contribution in [3.63, 3.8) is 0 Å². The molecule has 0 heterocycles. The lowest BCUT2D eigenvalue weighted by Gasteiger charge is -2.42. The van der Waals surface area contributed by atoms with Gasteiger partial charge in [-0.3, -0.25) is 4.90 Å². The topological polar surface area (TPSA) is 29.3 Å². The molecular formula is C15H34N2. The number of nitrogens with zero attached hydrogens (tertiary/aromatic N) is 1. The van der Waals surface area contributed by atoms with E-state index in [2.05, 4.69) is 46.6 Å². The van der Waals surface area contributed by atoms with E-state index >= 15 is 0 Å². The second-order valence-corrected chi connectivity index (χ2v) is 6.10. The lowest BCUT2D eigenvalue weighted by molar-refractivity contribution is 0.0879. The van der Waals surface area contributed by atoms with Crippen molar-refractivity contribution in [2.75, 3.05) is 20.1 Å². The molecule has 0 rings (SSSR count). The van der Waals surface area contributed by atoms with Crippen LogP contribution in [0.4, 0.5) is 0 Å². The van der Waals surface area contributed by atoms with Gasteiger partial charge in [0.25, 0.3) is 0 Å². The number of likely N-dealkylation sites (N-methyl/N-ethyl adjacent to an activating group) is 1. The van der Waals surface area contributed by atoms with E-state index in [9.17, 15) is 0 Å². The monoisotopic (exact) mass is 242 g/mol. The van der Waals surface area contributed by atoms with Gasteiger partial charge in [-0.1, -0.05) is 41.0 Å². The summed E-state index contributed by atoms with van der Waals surface area (Å²) in [5, 5.41) is 0. The fraction of sp³-hybridized carbons (Fsp3) is 1.00. The minimum Gasteiger partial charge on any atom is -0.329 e. The third kappa shape index (κ3) is 5.39. The quantitative estimate of drug-likeness (QED) is 0.670. The summed E-state index contributed by atoms with van der Waals surface area (Å²) in [5.74, 6) is 1.54. The maximum absolute atomic E-state index is 6.09. The fourth-order valence-corrected chi connectivity index (χ4v) is 2.44. The molecule has 0 aromatic rings. The van der Waals surface area contributed by atoms with E-state index in [-0.39, 0.29) is 5.54 Å². The molecule has 2 atom stereocenters. The highest BCUT2D eigenvalue weighted by atomic mass is 15.2. The van der Waals surface area contributed by atoms with Crippen LogP contribution < -0.4 is 5.73 Å². The van der Waals surface area contributed by atoms with Crippen LogP contribution in [0.5, 0.6) is 0 Å². The second kappa shape index (κ2) is 8.10. The minimum atomic E-state index is 0.213. The highest BCUT2D eigenvalue weighted by Gasteiger charge is 2.32. The Balaban J connectivity index is 4.55. The van der Waals surface area contributed by atoms with Gasteiger partial charge in [0.1, 0.15) is 0 Å². The second-order valence-electron chi connectivity index (χ2n) is 6.10. The number of rotatable bonds is 9. The number of hydrogen-bond donors (Lipinski definition) is 1. The highest BCUT2D eigenvalue weighted by Crippen LogP contribution is 2.28. The Labute approximate surface area is 109 Å². The Morgan fingerprint density at radius 3 is 2.12 bits per heavy atom. The van der Waals surface area contributed by atoms with Crippen LogP contribution in [0.3, 0.4) is 0 Å². The van der Waals surface area contributed by atoms with Crippen LogP contribution in [0.1, 0.15) is 60.3 Å². The summed E-state index contributed by atoms with van der Waals surface area (Å²) in [6.07, 6.45) is 4.89. The van der Waals surface area contributed by atoms with Gasteiger partial charge in [0, 0.05) is 12.1 Å². The van der Waals surface area contributed by atoms with Gasteiger partial charge in [-0.25, -0.2) is 0 Å². The summed E-state index contributed by atoms with van der Waals surface area (Å²) in [4.78, 5) is 2.51. The summed E-state index contributed by atoms with van der Waals surface area (Å²) >= 11 is 0. The molecular weight excluding hydrogens is 208 g/mol. The lowest BCUT2D eigenvalue weighted by atomic mass is 9.83. The van der Waals surface area contributed by atoms with Gasteiger partial charge in [0.2, 0.25) is 0 Å². The van der Waals surface area contributed by atoms with E-state index in [0.29, 0.717) is 0 Å². The fourth-order valence-electron chi connectivity index (χ4n) is 2.44.